The van der Waals surface area contributed by atoms with Crippen molar-refractivity contribution in [1.29, 1.82) is 0 Å². The average Bonchev–Trinajstić information content (AvgIpc) is 2.33. The SMILES string of the molecule is CCC1(CC)C(Br)CC1Oc1ccc(Br)cc1F. The molecule has 1 aliphatic rings. The third kappa shape index (κ3) is 2.34. The zero-order chi connectivity index (χ0) is 13.3. The van der Waals surface area contributed by atoms with E-state index in [1.807, 2.05) is 6.07 Å². The zero-order valence-electron chi connectivity index (χ0n) is 10.6. The minimum absolute atomic E-state index is 0.104. The number of halogens is 3. The molecule has 2 rings (SSSR count). The Morgan fingerprint density at radius 2 is 2.06 bits per heavy atom. The molecule has 0 aromatic heterocycles. The van der Waals surface area contributed by atoms with Crippen LogP contribution in [0.2, 0.25) is 0 Å². The standard InChI is InChI=1S/C14H17Br2FO/c1-3-14(4-2)12(16)8-13(14)18-11-6-5-9(15)7-10(11)17/h5-7,12-13H,3-4,8H2,1-2H3. The molecule has 0 saturated heterocycles. The van der Waals surface area contributed by atoms with Crippen LogP contribution < -0.4 is 4.74 Å². The summed E-state index contributed by atoms with van der Waals surface area (Å²) in [6, 6.07) is 4.94. The van der Waals surface area contributed by atoms with Crippen LogP contribution in [0.15, 0.2) is 22.7 Å². The first kappa shape index (κ1) is 14.3. The third-order valence-electron chi connectivity index (χ3n) is 4.17. The van der Waals surface area contributed by atoms with Gasteiger partial charge in [-0.1, -0.05) is 45.7 Å². The first-order chi connectivity index (χ1) is 8.53. The van der Waals surface area contributed by atoms with E-state index in [1.54, 1.807) is 6.07 Å². The van der Waals surface area contributed by atoms with E-state index in [4.69, 9.17) is 4.74 Å². The summed E-state index contributed by atoms with van der Waals surface area (Å²) in [5.74, 6) is 0.0531. The largest absolute Gasteiger partial charge is 0.487 e. The summed E-state index contributed by atoms with van der Waals surface area (Å²) < 4.78 is 20.4. The first-order valence-electron chi connectivity index (χ1n) is 6.29. The highest BCUT2D eigenvalue weighted by molar-refractivity contribution is 9.10. The second kappa shape index (κ2) is 5.49. The van der Waals surface area contributed by atoms with Crippen LogP contribution >= 0.6 is 31.9 Å². The van der Waals surface area contributed by atoms with Crippen molar-refractivity contribution in [3.05, 3.63) is 28.5 Å². The Morgan fingerprint density at radius 1 is 1.39 bits per heavy atom. The summed E-state index contributed by atoms with van der Waals surface area (Å²) in [6.45, 7) is 4.34. The van der Waals surface area contributed by atoms with Gasteiger partial charge in [0.2, 0.25) is 0 Å². The molecule has 0 spiro atoms. The van der Waals surface area contributed by atoms with Crippen LogP contribution in [0.1, 0.15) is 33.1 Å². The van der Waals surface area contributed by atoms with E-state index in [9.17, 15) is 4.39 Å². The molecule has 0 bridgehead atoms. The highest BCUT2D eigenvalue weighted by atomic mass is 79.9. The summed E-state index contributed by atoms with van der Waals surface area (Å²) in [4.78, 5) is 0.475. The van der Waals surface area contributed by atoms with Crippen molar-refractivity contribution in [2.75, 3.05) is 0 Å². The molecule has 0 aliphatic heterocycles. The number of hydrogen-bond acceptors (Lipinski definition) is 1. The van der Waals surface area contributed by atoms with E-state index in [2.05, 4.69) is 45.7 Å². The maximum atomic E-state index is 13.8. The van der Waals surface area contributed by atoms with Crippen LogP contribution in [-0.2, 0) is 0 Å². The van der Waals surface area contributed by atoms with Crippen LogP contribution in [0.4, 0.5) is 4.39 Å². The van der Waals surface area contributed by atoms with Crippen LogP contribution in [0.5, 0.6) is 5.75 Å². The van der Waals surface area contributed by atoms with Gasteiger partial charge in [0.25, 0.3) is 0 Å². The van der Waals surface area contributed by atoms with Crippen LogP contribution in [0, 0.1) is 11.2 Å². The van der Waals surface area contributed by atoms with E-state index in [-0.39, 0.29) is 17.3 Å². The lowest BCUT2D eigenvalue weighted by Crippen LogP contribution is -2.56. The van der Waals surface area contributed by atoms with Crippen molar-refractivity contribution in [2.24, 2.45) is 5.41 Å². The van der Waals surface area contributed by atoms with Crippen molar-refractivity contribution in [1.82, 2.24) is 0 Å². The molecule has 0 radical (unpaired) electrons. The van der Waals surface area contributed by atoms with Gasteiger partial charge < -0.3 is 4.74 Å². The zero-order valence-corrected chi connectivity index (χ0v) is 13.7. The molecule has 0 amide bonds. The van der Waals surface area contributed by atoms with Gasteiger partial charge in [-0.3, -0.25) is 0 Å². The maximum Gasteiger partial charge on any atom is 0.166 e. The Balaban J connectivity index is 2.15. The van der Waals surface area contributed by atoms with Crippen molar-refractivity contribution in [3.63, 3.8) is 0 Å². The monoisotopic (exact) mass is 378 g/mol. The van der Waals surface area contributed by atoms with Crippen LogP contribution in [-0.4, -0.2) is 10.9 Å². The molecule has 1 saturated carbocycles. The minimum Gasteiger partial charge on any atom is -0.487 e. The van der Waals surface area contributed by atoms with Gasteiger partial charge in [-0.25, -0.2) is 4.39 Å². The molecular formula is C14H17Br2FO. The highest BCUT2D eigenvalue weighted by Gasteiger charge is 2.53. The van der Waals surface area contributed by atoms with E-state index in [0.717, 1.165) is 23.7 Å². The molecule has 0 heterocycles. The van der Waals surface area contributed by atoms with Gasteiger partial charge in [-0.15, -0.1) is 0 Å². The minimum atomic E-state index is -0.302. The smallest absolute Gasteiger partial charge is 0.166 e. The lowest BCUT2D eigenvalue weighted by molar-refractivity contribution is -0.0429. The Labute approximate surface area is 124 Å². The van der Waals surface area contributed by atoms with Crippen LogP contribution in [0.25, 0.3) is 0 Å². The number of hydrogen-bond donors (Lipinski definition) is 0. The van der Waals surface area contributed by atoms with Crippen LogP contribution in [0.3, 0.4) is 0 Å². The quantitative estimate of drug-likeness (QED) is 0.644. The predicted molar refractivity (Wildman–Crippen MR) is 78.9 cm³/mol. The second-order valence-electron chi connectivity index (χ2n) is 4.82. The maximum absolute atomic E-state index is 13.8. The molecule has 1 nitrogen and oxygen atoms in total. The lowest BCUT2D eigenvalue weighted by Gasteiger charge is -2.52. The van der Waals surface area contributed by atoms with E-state index >= 15 is 0 Å². The fourth-order valence-corrected chi connectivity index (χ4v) is 4.35. The van der Waals surface area contributed by atoms with Crippen molar-refractivity contribution in [2.45, 2.75) is 44.0 Å². The number of rotatable bonds is 4. The molecule has 1 aliphatic carbocycles. The fourth-order valence-electron chi connectivity index (χ4n) is 2.74. The molecule has 4 heteroatoms. The Morgan fingerprint density at radius 3 is 2.56 bits per heavy atom. The van der Waals surface area contributed by atoms with Gasteiger partial charge in [0.05, 0.1) is 0 Å². The summed E-state index contributed by atoms with van der Waals surface area (Å²) in [7, 11) is 0. The average molecular weight is 380 g/mol. The summed E-state index contributed by atoms with van der Waals surface area (Å²) in [5, 5.41) is 0. The van der Waals surface area contributed by atoms with Gasteiger partial charge >= 0.3 is 0 Å². The predicted octanol–water partition coefficient (Wildman–Crippen LogP) is 5.31. The Hall–Kier alpha value is -0.0900. The van der Waals surface area contributed by atoms with Gasteiger partial charge in [-0.05, 0) is 37.5 Å². The van der Waals surface area contributed by atoms with Gasteiger partial charge in [0.15, 0.2) is 11.6 Å². The molecule has 100 valence electrons. The van der Waals surface area contributed by atoms with Gasteiger partial charge in [-0.2, -0.15) is 0 Å². The molecule has 2 atom stereocenters. The van der Waals surface area contributed by atoms with E-state index in [1.165, 1.54) is 6.07 Å². The van der Waals surface area contributed by atoms with Gasteiger partial charge in [0.1, 0.15) is 6.10 Å². The molecule has 1 aromatic carbocycles. The lowest BCUT2D eigenvalue weighted by atomic mass is 9.62. The second-order valence-corrected chi connectivity index (χ2v) is 6.85. The third-order valence-corrected chi connectivity index (χ3v) is 5.94. The molecule has 2 unspecified atom stereocenters. The number of ether oxygens (including phenoxy) is 1. The van der Waals surface area contributed by atoms with E-state index in [0.29, 0.717) is 10.6 Å². The normalized spacial score (nSPS) is 25.6. The topological polar surface area (TPSA) is 9.23 Å². The number of alkyl halides is 1. The first-order valence-corrected chi connectivity index (χ1v) is 8.00. The fraction of sp³-hybridized carbons (Fsp3) is 0.571. The van der Waals surface area contributed by atoms with E-state index < -0.39 is 0 Å². The molecule has 1 aromatic rings. The summed E-state index contributed by atoms with van der Waals surface area (Å²) in [5.41, 5.74) is 0.138. The van der Waals surface area contributed by atoms with Gasteiger partial charge in [0, 0.05) is 14.7 Å². The Kier molecular flexibility index (Phi) is 4.37. The Bertz CT molecular complexity index is 432. The van der Waals surface area contributed by atoms with Crippen molar-refractivity contribution in [3.8, 4) is 5.75 Å². The van der Waals surface area contributed by atoms with Crippen molar-refractivity contribution < 1.29 is 9.13 Å². The molecule has 0 N–H and O–H groups in total. The molecule has 1 fully saturated rings. The summed E-state index contributed by atoms with van der Waals surface area (Å²) >= 11 is 6.96. The number of benzene rings is 1. The highest BCUT2D eigenvalue weighted by Crippen LogP contribution is 2.52. The summed E-state index contributed by atoms with van der Waals surface area (Å²) in [6.07, 6.45) is 3.13. The molecular weight excluding hydrogens is 363 g/mol. The molecule has 18 heavy (non-hydrogen) atoms. The van der Waals surface area contributed by atoms with Crippen molar-refractivity contribution >= 4 is 31.9 Å².